The number of ether oxygens (including phenoxy) is 2. The quantitative estimate of drug-likeness (QED) is 0.891. The average molecular weight is 248 g/mol. The van der Waals surface area contributed by atoms with Crippen LogP contribution in [0.5, 0.6) is 11.5 Å². The molecule has 0 spiro atoms. The molecule has 18 heavy (non-hydrogen) atoms. The van der Waals surface area contributed by atoms with E-state index in [4.69, 9.17) is 9.47 Å². The molecule has 0 aliphatic carbocycles. The van der Waals surface area contributed by atoms with Crippen molar-refractivity contribution in [2.24, 2.45) is 0 Å². The van der Waals surface area contributed by atoms with E-state index in [2.05, 4.69) is 0 Å². The monoisotopic (exact) mass is 248 g/mol. The fourth-order valence-electron chi connectivity index (χ4n) is 2.01. The van der Waals surface area contributed by atoms with E-state index in [0.717, 1.165) is 5.56 Å². The van der Waals surface area contributed by atoms with Crippen LogP contribution in [0.4, 0.5) is 0 Å². The smallest absolute Gasteiger partial charge is 0.162 e. The zero-order chi connectivity index (χ0) is 13.1. The molecule has 0 amide bonds. The zero-order valence-corrected chi connectivity index (χ0v) is 10.5. The van der Waals surface area contributed by atoms with Crippen LogP contribution in [0.1, 0.15) is 18.9 Å². The van der Waals surface area contributed by atoms with Gasteiger partial charge in [-0.1, -0.05) is 0 Å². The van der Waals surface area contributed by atoms with Gasteiger partial charge in [-0.15, -0.1) is 0 Å². The van der Waals surface area contributed by atoms with Crippen LogP contribution in [0.3, 0.4) is 0 Å². The Morgan fingerprint density at radius 3 is 2.89 bits per heavy atom. The highest BCUT2D eigenvalue weighted by Crippen LogP contribution is 2.25. The maximum atomic E-state index is 11.4. The number of phenolic OH excluding ortho intramolecular Hbond substituents is 1. The van der Waals surface area contributed by atoms with Crippen molar-refractivity contribution in [2.75, 3.05) is 7.11 Å². The summed E-state index contributed by atoms with van der Waals surface area (Å²) < 4.78 is 10.7. The highest BCUT2D eigenvalue weighted by Gasteiger charge is 2.18. The lowest BCUT2D eigenvalue weighted by molar-refractivity contribution is -0.118. The molecule has 1 aliphatic rings. The van der Waals surface area contributed by atoms with Crippen LogP contribution in [0.25, 0.3) is 0 Å². The van der Waals surface area contributed by atoms with Crippen molar-refractivity contribution in [1.29, 1.82) is 0 Å². The van der Waals surface area contributed by atoms with Gasteiger partial charge in [0.1, 0.15) is 23.4 Å². The predicted molar refractivity (Wildman–Crippen MR) is 66.6 cm³/mol. The Kier molecular flexibility index (Phi) is 3.55. The zero-order valence-electron chi connectivity index (χ0n) is 10.5. The Morgan fingerprint density at radius 2 is 2.22 bits per heavy atom. The molecule has 0 saturated heterocycles. The van der Waals surface area contributed by atoms with Crippen LogP contribution in [0, 0.1) is 0 Å². The van der Waals surface area contributed by atoms with Crippen LogP contribution in [0.15, 0.2) is 30.0 Å². The average Bonchev–Trinajstić information content (AvgIpc) is 2.26. The summed E-state index contributed by atoms with van der Waals surface area (Å²) in [7, 11) is 1.54. The van der Waals surface area contributed by atoms with Crippen molar-refractivity contribution < 1.29 is 19.4 Å². The first-order chi connectivity index (χ1) is 8.56. The van der Waals surface area contributed by atoms with Crippen LogP contribution < -0.4 is 4.74 Å². The second-order valence-electron chi connectivity index (χ2n) is 4.43. The van der Waals surface area contributed by atoms with Crippen molar-refractivity contribution in [3.63, 3.8) is 0 Å². The minimum absolute atomic E-state index is 0.0795. The van der Waals surface area contributed by atoms with Gasteiger partial charge in [0, 0.05) is 25.0 Å². The van der Waals surface area contributed by atoms with Gasteiger partial charge in [-0.25, -0.2) is 0 Å². The summed E-state index contributed by atoms with van der Waals surface area (Å²) in [5.74, 6) is 1.43. The van der Waals surface area contributed by atoms with E-state index < -0.39 is 0 Å². The normalized spacial score (nSPS) is 19.1. The number of methoxy groups -OCH3 is 1. The molecule has 96 valence electrons. The molecule has 1 aromatic rings. The number of phenols is 1. The van der Waals surface area contributed by atoms with Crippen LogP contribution in [-0.4, -0.2) is 24.1 Å². The topological polar surface area (TPSA) is 55.8 Å². The molecule has 0 aromatic heterocycles. The standard InChI is InChI=1S/C14H16O4/c1-9-3-11(15)8-14(18-9)6-10-4-12(16)7-13(5-10)17-2/h4-5,7-9,16H,3,6H2,1-2H3/t9-/m0/s1. The van der Waals surface area contributed by atoms with Gasteiger partial charge in [0.15, 0.2) is 5.78 Å². The lowest BCUT2D eigenvalue weighted by Crippen LogP contribution is -2.19. The van der Waals surface area contributed by atoms with Gasteiger partial charge in [0.25, 0.3) is 0 Å². The van der Waals surface area contributed by atoms with Gasteiger partial charge in [0.2, 0.25) is 0 Å². The number of aromatic hydroxyl groups is 1. The molecule has 1 atom stereocenters. The molecule has 1 heterocycles. The molecule has 0 bridgehead atoms. The molecule has 0 fully saturated rings. The first-order valence-electron chi connectivity index (χ1n) is 5.84. The van der Waals surface area contributed by atoms with Gasteiger partial charge >= 0.3 is 0 Å². The number of carbonyl (C=O) groups excluding carboxylic acids is 1. The third-order valence-electron chi connectivity index (χ3n) is 2.73. The summed E-state index contributed by atoms with van der Waals surface area (Å²) in [6.07, 6.45) is 2.33. The molecular weight excluding hydrogens is 232 g/mol. The number of hydrogen-bond donors (Lipinski definition) is 1. The molecule has 1 aliphatic heterocycles. The van der Waals surface area contributed by atoms with E-state index in [0.29, 0.717) is 24.4 Å². The largest absolute Gasteiger partial charge is 0.508 e. The highest BCUT2D eigenvalue weighted by molar-refractivity contribution is 5.91. The summed E-state index contributed by atoms with van der Waals surface area (Å²) in [6.45, 7) is 1.87. The van der Waals surface area contributed by atoms with Crippen LogP contribution in [0.2, 0.25) is 0 Å². The van der Waals surface area contributed by atoms with Gasteiger partial charge in [-0.05, 0) is 24.6 Å². The molecule has 0 saturated carbocycles. The Morgan fingerprint density at radius 1 is 1.44 bits per heavy atom. The summed E-state index contributed by atoms with van der Waals surface area (Å²) in [4.78, 5) is 11.4. The number of carbonyl (C=O) groups is 1. The minimum atomic E-state index is -0.0864. The van der Waals surface area contributed by atoms with Crippen molar-refractivity contribution in [3.05, 3.63) is 35.6 Å². The molecule has 4 nitrogen and oxygen atoms in total. The number of rotatable bonds is 3. The minimum Gasteiger partial charge on any atom is -0.508 e. The van der Waals surface area contributed by atoms with Gasteiger partial charge in [-0.3, -0.25) is 4.79 Å². The summed E-state index contributed by atoms with van der Waals surface area (Å²) >= 11 is 0. The lowest BCUT2D eigenvalue weighted by atomic mass is 10.1. The second kappa shape index (κ2) is 5.12. The first kappa shape index (κ1) is 12.5. The maximum Gasteiger partial charge on any atom is 0.162 e. The first-order valence-corrected chi connectivity index (χ1v) is 5.84. The Hall–Kier alpha value is -1.97. The third kappa shape index (κ3) is 3.03. The van der Waals surface area contributed by atoms with Gasteiger partial charge in [0.05, 0.1) is 7.11 Å². The SMILES string of the molecule is COc1cc(O)cc(CC2=CC(=O)C[C@H](C)O2)c1. The molecule has 2 rings (SSSR count). The van der Waals surface area contributed by atoms with Crippen molar-refractivity contribution in [2.45, 2.75) is 25.9 Å². The number of allylic oxidation sites excluding steroid dienone is 2. The second-order valence-corrected chi connectivity index (χ2v) is 4.43. The van der Waals surface area contributed by atoms with Crippen molar-refractivity contribution >= 4 is 5.78 Å². The predicted octanol–water partition coefficient (Wildman–Crippen LogP) is 2.21. The van der Waals surface area contributed by atoms with E-state index >= 15 is 0 Å². The molecular formula is C14H16O4. The fraction of sp³-hybridized carbons (Fsp3) is 0.357. The maximum absolute atomic E-state index is 11.4. The molecule has 1 N–H and O–H groups in total. The van der Waals surface area contributed by atoms with Crippen LogP contribution >= 0.6 is 0 Å². The molecule has 0 unspecified atom stereocenters. The van der Waals surface area contributed by atoms with Crippen molar-refractivity contribution in [3.8, 4) is 11.5 Å². The van der Waals surface area contributed by atoms with E-state index in [9.17, 15) is 9.90 Å². The number of hydrogen-bond acceptors (Lipinski definition) is 4. The Balaban J connectivity index is 2.18. The van der Waals surface area contributed by atoms with E-state index in [1.807, 2.05) is 13.0 Å². The van der Waals surface area contributed by atoms with Gasteiger partial charge in [-0.2, -0.15) is 0 Å². The van der Waals surface area contributed by atoms with Crippen LogP contribution in [-0.2, 0) is 16.0 Å². The lowest BCUT2D eigenvalue weighted by Gasteiger charge is -2.21. The van der Waals surface area contributed by atoms with Crippen molar-refractivity contribution in [1.82, 2.24) is 0 Å². The Bertz CT molecular complexity index is 491. The molecule has 0 radical (unpaired) electrons. The van der Waals surface area contributed by atoms with E-state index in [1.54, 1.807) is 13.2 Å². The Labute approximate surface area is 106 Å². The fourth-order valence-corrected chi connectivity index (χ4v) is 2.01. The molecule has 1 aromatic carbocycles. The number of ketones is 1. The van der Waals surface area contributed by atoms with E-state index in [1.165, 1.54) is 12.1 Å². The summed E-state index contributed by atoms with van der Waals surface area (Å²) in [5.41, 5.74) is 0.847. The summed E-state index contributed by atoms with van der Waals surface area (Å²) in [6, 6.07) is 4.98. The summed E-state index contributed by atoms with van der Waals surface area (Å²) in [5, 5.41) is 9.55. The third-order valence-corrected chi connectivity index (χ3v) is 2.73. The number of benzene rings is 1. The highest BCUT2D eigenvalue weighted by atomic mass is 16.5. The molecule has 4 heteroatoms. The van der Waals surface area contributed by atoms with Gasteiger partial charge < -0.3 is 14.6 Å². The van der Waals surface area contributed by atoms with E-state index in [-0.39, 0.29) is 17.6 Å².